The summed E-state index contributed by atoms with van der Waals surface area (Å²) in [6.45, 7) is 6.10. The van der Waals surface area contributed by atoms with Crippen LogP contribution in [0.2, 0.25) is 5.02 Å². The number of benzene rings is 1. The number of imidazole rings is 1. The van der Waals surface area contributed by atoms with Crippen molar-refractivity contribution in [2.24, 2.45) is 4.99 Å². The molecule has 0 aliphatic carbocycles. The molecular formula is C19H23ClIN5. The third-order valence-electron chi connectivity index (χ3n) is 3.84. The molecule has 0 saturated heterocycles. The molecule has 3 rings (SSSR count). The molecule has 2 N–H and O–H groups in total. The number of aromatic nitrogens is 2. The molecule has 0 spiro atoms. The van der Waals surface area contributed by atoms with E-state index in [1.54, 1.807) is 0 Å². The van der Waals surface area contributed by atoms with Gasteiger partial charge in [0.1, 0.15) is 5.65 Å². The van der Waals surface area contributed by atoms with Crippen LogP contribution in [-0.2, 0) is 13.1 Å². The summed E-state index contributed by atoms with van der Waals surface area (Å²) in [4.78, 5) is 9.25. The minimum Gasteiger partial charge on any atom is -0.357 e. The number of nitrogens with one attached hydrogen (secondary N) is 2. The van der Waals surface area contributed by atoms with Crippen molar-refractivity contribution in [2.45, 2.75) is 26.9 Å². The third-order valence-corrected chi connectivity index (χ3v) is 4.07. The normalized spacial score (nSPS) is 11.3. The smallest absolute Gasteiger partial charge is 0.191 e. The zero-order chi connectivity index (χ0) is 17.6. The lowest BCUT2D eigenvalue weighted by molar-refractivity contribution is 0.804. The molecule has 0 bridgehead atoms. The summed E-state index contributed by atoms with van der Waals surface area (Å²) in [5.41, 5.74) is 4.17. The predicted molar refractivity (Wildman–Crippen MR) is 118 cm³/mol. The van der Waals surface area contributed by atoms with Gasteiger partial charge in [-0.1, -0.05) is 29.8 Å². The molecule has 0 saturated carbocycles. The highest BCUT2D eigenvalue weighted by Gasteiger charge is 2.04. The van der Waals surface area contributed by atoms with Crippen LogP contribution in [0.1, 0.15) is 23.9 Å². The van der Waals surface area contributed by atoms with Crippen LogP contribution in [0, 0.1) is 6.92 Å². The maximum atomic E-state index is 6.02. The van der Waals surface area contributed by atoms with E-state index in [9.17, 15) is 0 Å². The Balaban J connectivity index is 0.00000243. The third kappa shape index (κ3) is 5.35. The molecule has 1 aromatic carbocycles. The van der Waals surface area contributed by atoms with Gasteiger partial charge in [0.25, 0.3) is 0 Å². The van der Waals surface area contributed by atoms with Crippen molar-refractivity contribution in [3.8, 4) is 0 Å². The molecule has 0 unspecified atom stereocenters. The maximum Gasteiger partial charge on any atom is 0.191 e. The lowest BCUT2D eigenvalue weighted by Crippen LogP contribution is -2.36. The van der Waals surface area contributed by atoms with Crippen LogP contribution in [0.25, 0.3) is 5.65 Å². The average Bonchev–Trinajstić information content (AvgIpc) is 3.02. The number of hydrogen-bond donors (Lipinski definition) is 2. The van der Waals surface area contributed by atoms with Crippen molar-refractivity contribution < 1.29 is 0 Å². The highest BCUT2D eigenvalue weighted by Crippen LogP contribution is 2.11. The molecule has 0 radical (unpaired) electrons. The van der Waals surface area contributed by atoms with Crippen LogP contribution in [0.5, 0.6) is 0 Å². The zero-order valence-corrected chi connectivity index (χ0v) is 18.0. The standard InChI is InChI=1S/C19H22ClN5.HI/c1-3-21-19(22-11-15-7-5-8-16(20)10-15)23-12-17-13-25-14(2)6-4-9-18(25)24-17;/h4-10,13H,3,11-12H2,1-2H3,(H2,21,22,23);1H. The van der Waals surface area contributed by atoms with Gasteiger partial charge in [0, 0.05) is 23.5 Å². The molecule has 138 valence electrons. The Kier molecular flexibility index (Phi) is 7.71. The Hall–Kier alpha value is -1.80. The van der Waals surface area contributed by atoms with Crippen molar-refractivity contribution in [3.63, 3.8) is 0 Å². The molecule has 0 atom stereocenters. The first kappa shape index (κ1) is 20.5. The number of hydrogen-bond acceptors (Lipinski definition) is 2. The minimum atomic E-state index is 0. The molecule has 0 aliphatic heterocycles. The van der Waals surface area contributed by atoms with Gasteiger partial charge in [-0.2, -0.15) is 0 Å². The highest BCUT2D eigenvalue weighted by molar-refractivity contribution is 14.0. The van der Waals surface area contributed by atoms with Crippen LogP contribution in [0.3, 0.4) is 0 Å². The Morgan fingerprint density at radius 3 is 2.73 bits per heavy atom. The first-order chi connectivity index (χ1) is 12.2. The van der Waals surface area contributed by atoms with E-state index in [2.05, 4.69) is 44.2 Å². The van der Waals surface area contributed by atoms with Gasteiger partial charge in [-0.25, -0.2) is 9.98 Å². The van der Waals surface area contributed by atoms with Crippen molar-refractivity contribution >= 4 is 47.2 Å². The van der Waals surface area contributed by atoms with E-state index in [4.69, 9.17) is 11.6 Å². The number of aliphatic imine (C=N–C) groups is 1. The van der Waals surface area contributed by atoms with Crippen LogP contribution >= 0.6 is 35.6 Å². The summed E-state index contributed by atoms with van der Waals surface area (Å²) in [6.07, 6.45) is 2.05. The monoisotopic (exact) mass is 483 g/mol. The fourth-order valence-corrected chi connectivity index (χ4v) is 2.82. The first-order valence-corrected chi connectivity index (χ1v) is 8.73. The maximum absolute atomic E-state index is 6.02. The lowest BCUT2D eigenvalue weighted by atomic mass is 10.2. The molecule has 7 heteroatoms. The molecule has 0 aliphatic rings. The predicted octanol–water partition coefficient (Wildman–Crippen LogP) is 4.17. The highest BCUT2D eigenvalue weighted by atomic mass is 127. The van der Waals surface area contributed by atoms with E-state index in [0.29, 0.717) is 13.1 Å². The molecule has 3 aromatic rings. The van der Waals surface area contributed by atoms with Crippen LogP contribution in [0.4, 0.5) is 0 Å². The summed E-state index contributed by atoms with van der Waals surface area (Å²) in [7, 11) is 0. The Bertz CT molecular complexity index is 891. The van der Waals surface area contributed by atoms with E-state index in [-0.39, 0.29) is 24.0 Å². The second-order valence-corrected chi connectivity index (χ2v) is 6.24. The number of halogens is 2. The molecule has 0 fully saturated rings. The number of fused-ring (bicyclic) bond motifs is 1. The number of rotatable bonds is 5. The van der Waals surface area contributed by atoms with Crippen molar-refractivity contribution in [2.75, 3.05) is 6.54 Å². The molecule has 5 nitrogen and oxygen atoms in total. The number of pyridine rings is 1. The fraction of sp³-hybridized carbons (Fsp3) is 0.263. The van der Waals surface area contributed by atoms with Crippen molar-refractivity contribution in [1.82, 2.24) is 20.0 Å². The van der Waals surface area contributed by atoms with Crippen LogP contribution in [0.15, 0.2) is 53.7 Å². The van der Waals surface area contributed by atoms with Crippen molar-refractivity contribution in [3.05, 3.63) is 70.6 Å². The minimum absolute atomic E-state index is 0. The van der Waals surface area contributed by atoms with E-state index >= 15 is 0 Å². The summed E-state index contributed by atoms with van der Waals surface area (Å²) in [5.74, 6) is 0.760. The first-order valence-electron chi connectivity index (χ1n) is 8.36. The molecule has 26 heavy (non-hydrogen) atoms. The summed E-state index contributed by atoms with van der Waals surface area (Å²) < 4.78 is 2.09. The van der Waals surface area contributed by atoms with E-state index < -0.39 is 0 Å². The Morgan fingerprint density at radius 2 is 2.00 bits per heavy atom. The summed E-state index contributed by atoms with van der Waals surface area (Å²) in [6, 6.07) is 13.8. The van der Waals surface area contributed by atoms with Gasteiger partial charge in [-0.05, 0) is 43.7 Å². The van der Waals surface area contributed by atoms with Crippen molar-refractivity contribution in [1.29, 1.82) is 0 Å². The lowest BCUT2D eigenvalue weighted by Gasteiger charge is -2.10. The van der Waals surface area contributed by atoms with Gasteiger partial charge < -0.3 is 15.0 Å². The number of guanidine groups is 1. The van der Waals surface area contributed by atoms with Gasteiger partial charge in [0.05, 0.1) is 18.8 Å². The van der Waals surface area contributed by atoms with Gasteiger partial charge in [-0.3, -0.25) is 0 Å². The molecule has 2 aromatic heterocycles. The van der Waals surface area contributed by atoms with Gasteiger partial charge >= 0.3 is 0 Å². The number of aryl methyl sites for hydroxylation is 1. The van der Waals surface area contributed by atoms with Gasteiger partial charge in [-0.15, -0.1) is 24.0 Å². The molecule has 2 heterocycles. The second-order valence-electron chi connectivity index (χ2n) is 5.81. The number of nitrogens with zero attached hydrogens (tertiary/aromatic N) is 3. The van der Waals surface area contributed by atoms with Crippen LogP contribution in [-0.4, -0.2) is 21.9 Å². The topological polar surface area (TPSA) is 53.7 Å². The molecular weight excluding hydrogens is 461 g/mol. The summed E-state index contributed by atoms with van der Waals surface area (Å²) in [5, 5.41) is 7.31. The van der Waals surface area contributed by atoms with Gasteiger partial charge in [0.2, 0.25) is 0 Å². The quantitative estimate of drug-likeness (QED) is 0.325. The zero-order valence-electron chi connectivity index (χ0n) is 14.9. The van der Waals surface area contributed by atoms with E-state index in [0.717, 1.165) is 40.1 Å². The van der Waals surface area contributed by atoms with Gasteiger partial charge in [0.15, 0.2) is 5.96 Å². The average molecular weight is 484 g/mol. The SMILES string of the molecule is CCNC(=NCc1cccc(Cl)c1)NCc1cn2c(C)cccc2n1.I. The Morgan fingerprint density at radius 1 is 1.19 bits per heavy atom. The van der Waals surface area contributed by atoms with E-state index in [1.165, 1.54) is 0 Å². The van der Waals surface area contributed by atoms with Crippen LogP contribution < -0.4 is 10.6 Å². The Labute approximate surface area is 175 Å². The fourth-order valence-electron chi connectivity index (χ4n) is 2.61. The molecule has 0 amide bonds. The summed E-state index contributed by atoms with van der Waals surface area (Å²) >= 11 is 6.02. The largest absolute Gasteiger partial charge is 0.357 e. The second kappa shape index (κ2) is 9.78. The van der Waals surface area contributed by atoms with E-state index in [1.807, 2.05) is 43.3 Å².